The van der Waals surface area contributed by atoms with Crippen molar-refractivity contribution in [3.05, 3.63) is 65.5 Å². The first-order valence-corrected chi connectivity index (χ1v) is 9.38. The number of fused-ring (bicyclic) bond motifs is 1. The Hall–Kier alpha value is -4.07. The summed E-state index contributed by atoms with van der Waals surface area (Å²) in [6.45, 7) is 1.86. The fraction of sp³-hybridized carbons (Fsp3) is 0.136. The second-order valence-corrected chi connectivity index (χ2v) is 6.48. The van der Waals surface area contributed by atoms with Crippen LogP contribution in [0.3, 0.4) is 0 Å². The minimum absolute atomic E-state index is 0.0745. The Kier molecular flexibility index (Phi) is 5.21. The number of allylic oxidation sites excluding steroid dienone is 1. The highest BCUT2D eigenvalue weighted by molar-refractivity contribution is 6.21. The van der Waals surface area contributed by atoms with Gasteiger partial charge in [0.1, 0.15) is 0 Å². The van der Waals surface area contributed by atoms with Crippen LogP contribution in [0.15, 0.2) is 58.1 Å². The Balaban J connectivity index is 1.72. The largest absolute Gasteiger partial charge is 0.504 e. The maximum absolute atomic E-state index is 12.5. The molecule has 0 bridgehead atoms. The van der Waals surface area contributed by atoms with Gasteiger partial charge in [-0.25, -0.2) is 14.8 Å². The molecule has 0 amide bonds. The zero-order valence-electron chi connectivity index (χ0n) is 16.5. The van der Waals surface area contributed by atoms with Gasteiger partial charge in [0.25, 0.3) is 0 Å². The van der Waals surface area contributed by atoms with Crippen molar-refractivity contribution in [3.8, 4) is 5.75 Å². The summed E-state index contributed by atoms with van der Waals surface area (Å²) in [5, 5.41) is 12.4. The van der Waals surface area contributed by atoms with E-state index >= 15 is 0 Å². The van der Waals surface area contributed by atoms with E-state index in [1.54, 1.807) is 43.5 Å². The van der Waals surface area contributed by atoms with E-state index in [4.69, 9.17) is 9.15 Å². The molecule has 2 N–H and O–H groups in total. The molecule has 0 unspecified atom stereocenters. The van der Waals surface area contributed by atoms with Gasteiger partial charge in [0.2, 0.25) is 5.88 Å². The number of hydrazine groups is 1. The number of nitrogens with one attached hydrogen (secondary N) is 1. The normalized spacial score (nSPS) is 13.3. The van der Waals surface area contributed by atoms with Gasteiger partial charge in [-0.3, -0.25) is 10.4 Å². The quantitative estimate of drug-likeness (QED) is 0.467. The maximum atomic E-state index is 12.5. The molecule has 4 rings (SSSR count). The van der Waals surface area contributed by atoms with Crippen molar-refractivity contribution in [3.63, 3.8) is 0 Å². The van der Waals surface area contributed by atoms with Crippen molar-refractivity contribution in [1.82, 2.24) is 4.98 Å². The van der Waals surface area contributed by atoms with E-state index in [9.17, 15) is 9.90 Å². The van der Waals surface area contributed by atoms with Gasteiger partial charge < -0.3 is 14.3 Å². The maximum Gasteiger partial charge on any atom is 0.347 e. The van der Waals surface area contributed by atoms with E-state index in [1.807, 2.05) is 36.4 Å². The van der Waals surface area contributed by atoms with Crippen LogP contribution in [0.1, 0.15) is 28.6 Å². The van der Waals surface area contributed by atoms with Crippen molar-refractivity contribution < 1.29 is 19.1 Å². The number of hydrogen-bond acceptors (Lipinski definition) is 8. The van der Waals surface area contributed by atoms with Crippen LogP contribution in [0.25, 0.3) is 11.6 Å². The summed E-state index contributed by atoms with van der Waals surface area (Å²) in [5.74, 6) is -0.224. The number of furan rings is 1. The summed E-state index contributed by atoms with van der Waals surface area (Å²) in [6, 6.07) is 13.1. The van der Waals surface area contributed by atoms with Gasteiger partial charge in [-0.2, -0.15) is 0 Å². The average molecular weight is 404 g/mol. The number of rotatable bonds is 6. The standard InChI is InChI=1S/C22H20N4O4/c1-3-29-22(28)18-19(27)17(12-14-13-24-20-16(14)10-7-11-23-20)30-21(18)25-26(2)15-8-5-4-6-9-15/h4-13,25,27H,3H2,1-2H3. The predicted octanol–water partition coefficient (Wildman–Crippen LogP) is 4.28. The number of esters is 1. The zero-order chi connectivity index (χ0) is 21.1. The van der Waals surface area contributed by atoms with Crippen LogP contribution in [0, 0.1) is 0 Å². The monoisotopic (exact) mass is 404 g/mol. The molecule has 0 atom stereocenters. The molecule has 8 heteroatoms. The number of carbonyl (C=O) groups is 1. The van der Waals surface area contributed by atoms with Crippen LogP contribution < -0.4 is 10.4 Å². The lowest BCUT2D eigenvalue weighted by atomic mass is 10.1. The van der Waals surface area contributed by atoms with Gasteiger partial charge in [0.15, 0.2) is 22.9 Å². The third kappa shape index (κ3) is 3.62. The lowest BCUT2D eigenvalue weighted by molar-refractivity contribution is 0.0524. The Bertz CT molecular complexity index is 1140. The molecule has 2 aromatic heterocycles. The van der Waals surface area contributed by atoms with Crippen molar-refractivity contribution in [2.45, 2.75) is 6.92 Å². The molecule has 0 saturated heterocycles. The van der Waals surface area contributed by atoms with Crippen LogP contribution in [-0.2, 0) is 4.74 Å². The number of aliphatic imine (C=N–C) groups is 1. The van der Waals surface area contributed by atoms with Gasteiger partial charge in [-0.1, -0.05) is 18.2 Å². The predicted molar refractivity (Wildman–Crippen MR) is 115 cm³/mol. The Morgan fingerprint density at radius 1 is 1.27 bits per heavy atom. The van der Waals surface area contributed by atoms with Crippen LogP contribution in [0.4, 0.5) is 17.4 Å². The van der Waals surface area contributed by atoms with Crippen molar-refractivity contribution >= 4 is 41.2 Å². The fourth-order valence-electron chi connectivity index (χ4n) is 3.06. The number of hydrogen-bond donors (Lipinski definition) is 2. The highest BCUT2D eigenvalue weighted by Crippen LogP contribution is 2.38. The van der Waals surface area contributed by atoms with Gasteiger partial charge >= 0.3 is 5.97 Å². The number of aromatic hydroxyl groups is 1. The molecule has 30 heavy (non-hydrogen) atoms. The second-order valence-electron chi connectivity index (χ2n) is 6.48. The van der Waals surface area contributed by atoms with Crippen LogP contribution >= 0.6 is 0 Å². The molecule has 3 aromatic rings. The molecule has 1 aliphatic rings. The first-order valence-electron chi connectivity index (χ1n) is 9.38. The second kappa shape index (κ2) is 8.12. The van der Waals surface area contributed by atoms with Crippen LogP contribution in [-0.4, -0.2) is 35.9 Å². The average Bonchev–Trinajstić information content (AvgIpc) is 3.30. The highest BCUT2D eigenvalue weighted by Gasteiger charge is 2.28. The number of aromatic nitrogens is 1. The molecule has 0 spiro atoms. The smallest absolute Gasteiger partial charge is 0.347 e. The van der Waals surface area contributed by atoms with E-state index in [1.165, 1.54) is 0 Å². The fourth-order valence-corrected chi connectivity index (χ4v) is 3.06. The molecular weight excluding hydrogens is 384 g/mol. The zero-order valence-corrected chi connectivity index (χ0v) is 16.5. The van der Waals surface area contributed by atoms with Crippen molar-refractivity contribution in [1.29, 1.82) is 0 Å². The summed E-state index contributed by atoms with van der Waals surface area (Å²) in [6.07, 6.45) is 4.90. The van der Waals surface area contributed by atoms with E-state index in [0.717, 1.165) is 11.3 Å². The summed E-state index contributed by atoms with van der Waals surface area (Å²) < 4.78 is 10.9. The first-order chi connectivity index (χ1) is 14.6. The van der Waals surface area contributed by atoms with E-state index in [0.29, 0.717) is 11.4 Å². The molecule has 0 fully saturated rings. The summed E-state index contributed by atoms with van der Waals surface area (Å²) in [7, 11) is 1.77. The summed E-state index contributed by atoms with van der Waals surface area (Å²) in [4.78, 5) is 20.9. The van der Waals surface area contributed by atoms with Gasteiger partial charge in [-0.15, -0.1) is 0 Å². The number of benzene rings is 1. The van der Waals surface area contributed by atoms with Gasteiger partial charge in [0.05, 0.1) is 12.3 Å². The van der Waals surface area contributed by atoms with Crippen LogP contribution in [0.5, 0.6) is 5.75 Å². The third-order valence-corrected chi connectivity index (χ3v) is 4.51. The van der Waals surface area contributed by atoms with E-state index < -0.39 is 5.97 Å². The molecule has 0 aliphatic carbocycles. The molecule has 152 valence electrons. The number of anilines is 2. The van der Waals surface area contributed by atoms with Gasteiger partial charge in [-0.05, 0) is 37.3 Å². The summed E-state index contributed by atoms with van der Waals surface area (Å²) in [5.41, 5.74) is 5.28. The van der Waals surface area contributed by atoms with Crippen LogP contribution in [0.2, 0.25) is 0 Å². The lowest BCUT2D eigenvalue weighted by Crippen LogP contribution is -2.25. The Morgan fingerprint density at radius 3 is 2.83 bits per heavy atom. The SMILES string of the molecule is CCOC(=O)c1c(NN(C)c2ccccc2)oc(C=C2C=Nc3ncccc32)c1O. The van der Waals surface area contributed by atoms with E-state index in [2.05, 4.69) is 15.4 Å². The van der Waals surface area contributed by atoms with Gasteiger partial charge in [0, 0.05) is 30.6 Å². The third-order valence-electron chi connectivity index (χ3n) is 4.51. The molecule has 1 aliphatic heterocycles. The van der Waals surface area contributed by atoms with Crippen molar-refractivity contribution in [2.24, 2.45) is 4.99 Å². The van der Waals surface area contributed by atoms with E-state index in [-0.39, 0.29) is 29.6 Å². The Labute approximate surface area is 173 Å². The number of para-hydroxylation sites is 1. The molecule has 1 aromatic carbocycles. The molecule has 3 heterocycles. The summed E-state index contributed by atoms with van der Waals surface area (Å²) >= 11 is 0. The molecule has 8 nitrogen and oxygen atoms in total. The molecule has 0 radical (unpaired) electrons. The molecule has 0 saturated carbocycles. The van der Waals surface area contributed by atoms with Crippen molar-refractivity contribution in [2.75, 3.05) is 24.1 Å². The number of pyridine rings is 1. The lowest BCUT2D eigenvalue weighted by Gasteiger charge is -2.20. The number of nitrogens with zero attached hydrogens (tertiary/aromatic N) is 3. The molecular formula is C22H20N4O4. The highest BCUT2D eigenvalue weighted by atomic mass is 16.5. The number of carbonyl (C=O) groups excluding carboxylic acids is 1. The minimum atomic E-state index is -0.686. The minimum Gasteiger partial charge on any atom is -0.504 e. The Morgan fingerprint density at radius 2 is 2.07 bits per heavy atom. The number of ether oxygens (including phenoxy) is 1. The topological polar surface area (TPSA) is 100 Å². The first kappa shape index (κ1) is 19.3.